The van der Waals surface area contributed by atoms with E-state index in [1.807, 2.05) is 44.2 Å². The minimum Gasteiger partial charge on any atom is -0.341 e. The van der Waals surface area contributed by atoms with Gasteiger partial charge in [0.05, 0.1) is 6.04 Å². The van der Waals surface area contributed by atoms with Crippen molar-refractivity contribution < 1.29 is 14.4 Å². The lowest BCUT2D eigenvalue weighted by molar-refractivity contribution is -0.139. The van der Waals surface area contributed by atoms with E-state index >= 15 is 0 Å². The fourth-order valence-electron chi connectivity index (χ4n) is 3.79. The number of hydrogen-bond donors (Lipinski definition) is 1. The Hall–Kier alpha value is -2.41. The molecule has 0 aliphatic carbocycles. The van der Waals surface area contributed by atoms with Crippen LogP contribution in [0.2, 0.25) is 0 Å². The fourth-order valence-corrected chi connectivity index (χ4v) is 3.79. The first kappa shape index (κ1) is 18.4. The van der Waals surface area contributed by atoms with Crippen molar-refractivity contribution in [2.24, 2.45) is 11.7 Å². The maximum Gasteiger partial charge on any atom is 0.331 e. The second kappa shape index (κ2) is 6.72. The van der Waals surface area contributed by atoms with Crippen LogP contribution in [0.15, 0.2) is 30.3 Å². The second-order valence-electron chi connectivity index (χ2n) is 7.44. The molecule has 0 saturated carbocycles. The monoisotopic (exact) mass is 358 g/mol. The van der Waals surface area contributed by atoms with Crippen LogP contribution >= 0.6 is 0 Å². The smallest absolute Gasteiger partial charge is 0.331 e. The van der Waals surface area contributed by atoms with E-state index in [2.05, 4.69) is 0 Å². The van der Waals surface area contributed by atoms with Gasteiger partial charge in [-0.3, -0.25) is 19.4 Å². The number of carbonyl (C=O) groups is 3. The van der Waals surface area contributed by atoms with E-state index in [4.69, 9.17) is 5.73 Å². The molecule has 2 aliphatic heterocycles. The predicted octanol–water partition coefficient (Wildman–Crippen LogP) is 1.43. The Morgan fingerprint density at radius 3 is 2.23 bits per heavy atom. The number of benzene rings is 1. The molecule has 1 aromatic carbocycles. The van der Waals surface area contributed by atoms with Gasteiger partial charge in [-0.15, -0.1) is 0 Å². The number of urea groups is 1. The Morgan fingerprint density at radius 2 is 1.69 bits per heavy atom. The number of likely N-dealkylation sites (N-methyl/N-ethyl adjacent to an activating group) is 1. The highest BCUT2D eigenvalue weighted by molar-refractivity contribution is 6.16. The van der Waals surface area contributed by atoms with Crippen LogP contribution in [0.3, 0.4) is 0 Å². The molecule has 140 valence electrons. The van der Waals surface area contributed by atoms with Gasteiger partial charge in [-0.2, -0.15) is 0 Å². The zero-order valence-corrected chi connectivity index (χ0v) is 15.5. The third-order valence-electron chi connectivity index (χ3n) is 5.53. The van der Waals surface area contributed by atoms with Gasteiger partial charge in [-0.25, -0.2) is 4.79 Å². The molecule has 1 atom stereocenters. The first-order chi connectivity index (χ1) is 12.3. The van der Waals surface area contributed by atoms with Crippen molar-refractivity contribution in [3.8, 4) is 0 Å². The third kappa shape index (κ3) is 2.76. The van der Waals surface area contributed by atoms with E-state index in [0.717, 1.165) is 0 Å². The van der Waals surface area contributed by atoms with Crippen molar-refractivity contribution in [3.63, 3.8) is 0 Å². The molecule has 1 unspecified atom stereocenters. The molecule has 1 aromatic rings. The molecule has 2 aliphatic rings. The summed E-state index contributed by atoms with van der Waals surface area (Å²) in [6.45, 7) is 4.66. The Labute approximate surface area is 153 Å². The first-order valence-electron chi connectivity index (χ1n) is 9.01. The maximum absolute atomic E-state index is 12.9. The number of anilines is 1. The largest absolute Gasteiger partial charge is 0.341 e. The number of nitrogens with two attached hydrogens (primary N) is 1. The summed E-state index contributed by atoms with van der Waals surface area (Å²) < 4.78 is 0. The van der Waals surface area contributed by atoms with Crippen LogP contribution in [-0.2, 0) is 9.59 Å². The molecule has 7 heteroatoms. The van der Waals surface area contributed by atoms with E-state index in [-0.39, 0.29) is 23.8 Å². The Kier molecular flexibility index (Phi) is 4.75. The lowest BCUT2D eigenvalue weighted by Crippen LogP contribution is -2.59. The summed E-state index contributed by atoms with van der Waals surface area (Å²) in [5.41, 5.74) is 5.77. The van der Waals surface area contributed by atoms with Crippen LogP contribution in [0.4, 0.5) is 10.5 Å². The summed E-state index contributed by atoms with van der Waals surface area (Å²) in [6, 6.07) is 8.37. The van der Waals surface area contributed by atoms with Crippen LogP contribution in [0, 0.1) is 5.92 Å². The quantitative estimate of drug-likeness (QED) is 0.828. The number of nitrogens with zero attached hydrogens (tertiary/aromatic N) is 3. The van der Waals surface area contributed by atoms with Crippen molar-refractivity contribution in [1.29, 1.82) is 0 Å². The minimum atomic E-state index is -0.925. The Balaban J connectivity index is 1.86. The molecule has 2 N–H and O–H groups in total. The van der Waals surface area contributed by atoms with Crippen LogP contribution in [-0.4, -0.2) is 59.4 Å². The number of piperidine rings is 1. The summed E-state index contributed by atoms with van der Waals surface area (Å²) in [4.78, 5) is 42.7. The Morgan fingerprint density at radius 1 is 1.12 bits per heavy atom. The molecular weight excluding hydrogens is 332 g/mol. The molecule has 0 aromatic heterocycles. The van der Waals surface area contributed by atoms with E-state index in [1.54, 1.807) is 9.80 Å². The molecule has 2 heterocycles. The number of imide groups is 1. The maximum atomic E-state index is 12.9. The number of carbonyl (C=O) groups excluding carboxylic acids is 3. The lowest BCUT2D eigenvalue weighted by atomic mass is 9.85. The molecule has 3 rings (SSSR count). The van der Waals surface area contributed by atoms with Gasteiger partial charge in [0.25, 0.3) is 5.91 Å². The zero-order chi connectivity index (χ0) is 19.1. The highest BCUT2D eigenvalue weighted by Gasteiger charge is 2.57. The summed E-state index contributed by atoms with van der Waals surface area (Å²) >= 11 is 0. The molecular formula is C19H26N4O3. The summed E-state index contributed by atoms with van der Waals surface area (Å²) in [7, 11) is 1.52. The SMILES string of the molecule is CC(C)C(N)C(=O)N1CCC2(CC1)C(=O)N(C)C(=O)N2c1ccccc1. The topological polar surface area (TPSA) is 87.0 Å². The number of likely N-dealkylation sites (tertiary alicyclic amines) is 1. The van der Waals surface area contributed by atoms with Gasteiger partial charge < -0.3 is 10.6 Å². The van der Waals surface area contributed by atoms with E-state index in [1.165, 1.54) is 11.9 Å². The van der Waals surface area contributed by atoms with Gasteiger partial charge in [0.1, 0.15) is 5.54 Å². The van der Waals surface area contributed by atoms with Gasteiger partial charge in [-0.05, 0) is 30.9 Å². The van der Waals surface area contributed by atoms with Gasteiger partial charge in [0.15, 0.2) is 0 Å². The summed E-state index contributed by atoms with van der Waals surface area (Å²) in [5.74, 6) is -0.238. The van der Waals surface area contributed by atoms with Crippen molar-refractivity contribution in [2.45, 2.75) is 38.3 Å². The predicted molar refractivity (Wildman–Crippen MR) is 98.4 cm³/mol. The van der Waals surface area contributed by atoms with Crippen LogP contribution in [0.1, 0.15) is 26.7 Å². The lowest BCUT2D eigenvalue weighted by Gasteiger charge is -2.42. The van der Waals surface area contributed by atoms with Crippen LogP contribution < -0.4 is 10.6 Å². The van der Waals surface area contributed by atoms with Gasteiger partial charge in [0.2, 0.25) is 5.91 Å². The average molecular weight is 358 g/mol. The molecule has 1 spiro atoms. The molecule has 4 amide bonds. The summed E-state index contributed by atoms with van der Waals surface area (Å²) in [6.07, 6.45) is 0.820. The zero-order valence-electron chi connectivity index (χ0n) is 15.5. The number of para-hydroxylation sites is 1. The average Bonchev–Trinajstić information content (AvgIpc) is 2.83. The number of amides is 4. The molecule has 7 nitrogen and oxygen atoms in total. The van der Waals surface area contributed by atoms with Gasteiger partial charge in [-0.1, -0.05) is 32.0 Å². The fraction of sp³-hybridized carbons (Fsp3) is 0.526. The van der Waals surface area contributed by atoms with Crippen LogP contribution in [0.5, 0.6) is 0 Å². The Bertz CT molecular complexity index is 711. The minimum absolute atomic E-state index is 0.0556. The first-order valence-corrected chi connectivity index (χ1v) is 9.01. The summed E-state index contributed by atoms with van der Waals surface area (Å²) in [5, 5.41) is 0. The normalized spacial score (nSPS) is 21.0. The van der Waals surface area contributed by atoms with Gasteiger partial charge >= 0.3 is 6.03 Å². The van der Waals surface area contributed by atoms with Crippen molar-refractivity contribution >= 4 is 23.5 Å². The number of hydrogen-bond acceptors (Lipinski definition) is 4. The van der Waals surface area contributed by atoms with Crippen molar-refractivity contribution in [2.75, 3.05) is 25.0 Å². The molecule has 0 bridgehead atoms. The van der Waals surface area contributed by atoms with Gasteiger partial charge in [0, 0.05) is 25.8 Å². The highest BCUT2D eigenvalue weighted by Crippen LogP contribution is 2.40. The highest BCUT2D eigenvalue weighted by atomic mass is 16.2. The number of rotatable bonds is 3. The molecule has 26 heavy (non-hydrogen) atoms. The molecule has 2 saturated heterocycles. The van der Waals surface area contributed by atoms with E-state index in [0.29, 0.717) is 31.6 Å². The van der Waals surface area contributed by atoms with Crippen LogP contribution in [0.25, 0.3) is 0 Å². The second-order valence-corrected chi connectivity index (χ2v) is 7.44. The standard InChI is InChI=1S/C19H26N4O3/c1-13(2)15(20)16(24)22-11-9-19(10-12-22)17(25)21(3)18(26)23(19)14-7-5-4-6-8-14/h4-8,13,15H,9-12,20H2,1-3H3. The molecule has 0 radical (unpaired) electrons. The molecule has 2 fully saturated rings. The third-order valence-corrected chi connectivity index (χ3v) is 5.53. The van der Waals surface area contributed by atoms with E-state index < -0.39 is 11.6 Å². The van der Waals surface area contributed by atoms with Crippen molar-refractivity contribution in [1.82, 2.24) is 9.80 Å². The van der Waals surface area contributed by atoms with E-state index in [9.17, 15) is 14.4 Å². The van der Waals surface area contributed by atoms with Crippen molar-refractivity contribution in [3.05, 3.63) is 30.3 Å².